The average molecular weight is 228 g/mol. The predicted molar refractivity (Wildman–Crippen MR) is 64.3 cm³/mol. The van der Waals surface area contributed by atoms with E-state index in [-0.39, 0.29) is 0 Å². The lowest BCUT2D eigenvalue weighted by molar-refractivity contribution is 0.904. The molecule has 0 aliphatic rings. The zero-order valence-electron chi connectivity index (χ0n) is 9.60. The van der Waals surface area contributed by atoms with Gasteiger partial charge < -0.3 is 5.32 Å². The molecule has 0 radical (unpaired) electrons. The Morgan fingerprint density at radius 3 is 3.00 bits per heavy atom. The van der Waals surface area contributed by atoms with Gasteiger partial charge in [-0.15, -0.1) is 0 Å². The lowest BCUT2D eigenvalue weighted by atomic mass is 10.3. The number of anilines is 2. The standard InChI is InChI=1S/C11H12N6/c1-7-3-4-17-10(7)11(12-6-13-17)14-9-5-8(2)15-16-9/h3-6H,1-2H3,(H2,12,13,14,15,16). The van der Waals surface area contributed by atoms with E-state index in [0.717, 1.165) is 28.4 Å². The van der Waals surface area contributed by atoms with Gasteiger partial charge >= 0.3 is 0 Å². The summed E-state index contributed by atoms with van der Waals surface area (Å²) in [5, 5.41) is 14.3. The van der Waals surface area contributed by atoms with Crippen LogP contribution in [0.3, 0.4) is 0 Å². The van der Waals surface area contributed by atoms with Gasteiger partial charge in [0.1, 0.15) is 11.8 Å². The number of nitrogens with zero attached hydrogens (tertiary/aromatic N) is 4. The van der Waals surface area contributed by atoms with E-state index in [1.54, 1.807) is 4.52 Å². The van der Waals surface area contributed by atoms with Crippen molar-refractivity contribution in [3.8, 4) is 0 Å². The smallest absolute Gasteiger partial charge is 0.159 e. The third kappa shape index (κ3) is 1.63. The van der Waals surface area contributed by atoms with Gasteiger partial charge in [-0.2, -0.15) is 10.2 Å². The number of aromatic amines is 1. The minimum absolute atomic E-state index is 0.753. The Morgan fingerprint density at radius 1 is 1.35 bits per heavy atom. The number of rotatable bonds is 2. The second-order valence-corrected chi connectivity index (χ2v) is 3.96. The Labute approximate surface area is 97.7 Å². The van der Waals surface area contributed by atoms with Gasteiger partial charge in [-0.3, -0.25) is 5.10 Å². The van der Waals surface area contributed by atoms with Gasteiger partial charge in [0, 0.05) is 18.0 Å². The van der Waals surface area contributed by atoms with E-state index in [1.807, 2.05) is 32.2 Å². The van der Waals surface area contributed by atoms with Crippen molar-refractivity contribution in [1.82, 2.24) is 24.8 Å². The molecule has 3 rings (SSSR count). The third-order valence-corrected chi connectivity index (χ3v) is 2.61. The topological polar surface area (TPSA) is 70.9 Å². The normalized spacial score (nSPS) is 10.9. The van der Waals surface area contributed by atoms with Crippen molar-refractivity contribution in [2.75, 3.05) is 5.32 Å². The van der Waals surface area contributed by atoms with E-state index in [4.69, 9.17) is 0 Å². The molecule has 0 aliphatic heterocycles. The van der Waals surface area contributed by atoms with Crippen LogP contribution in [-0.2, 0) is 0 Å². The van der Waals surface area contributed by atoms with E-state index in [1.165, 1.54) is 6.33 Å². The molecule has 2 N–H and O–H groups in total. The molecule has 0 saturated carbocycles. The second-order valence-electron chi connectivity index (χ2n) is 3.96. The summed E-state index contributed by atoms with van der Waals surface area (Å²) in [6.07, 6.45) is 3.43. The number of hydrogen-bond acceptors (Lipinski definition) is 4. The highest BCUT2D eigenvalue weighted by molar-refractivity contribution is 5.75. The quantitative estimate of drug-likeness (QED) is 0.701. The summed E-state index contributed by atoms with van der Waals surface area (Å²) in [5.74, 6) is 1.51. The lowest BCUT2D eigenvalue weighted by Crippen LogP contribution is -2.00. The number of nitrogens with one attached hydrogen (secondary N) is 2. The summed E-state index contributed by atoms with van der Waals surface area (Å²) >= 11 is 0. The summed E-state index contributed by atoms with van der Waals surface area (Å²) in [4.78, 5) is 4.25. The SMILES string of the molecule is Cc1cc(Nc2ncnn3ccc(C)c23)n[nH]1. The maximum absolute atomic E-state index is 4.25. The zero-order chi connectivity index (χ0) is 11.8. The van der Waals surface area contributed by atoms with Crippen molar-refractivity contribution in [3.63, 3.8) is 0 Å². The first-order valence-electron chi connectivity index (χ1n) is 5.32. The van der Waals surface area contributed by atoms with Crippen molar-refractivity contribution < 1.29 is 0 Å². The highest BCUT2D eigenvalue weighted by Gasteiger charge is 2.08. The molecule has 0 bridgehead atoms. The first-order valence-corrected chi connectivity index (χ1v) is 5.32. The van der Waals surface area contributed by atoms with Crippen LogP contribution < -0.4 is 5.32 Å². The molecule has 0 spiro atoms. The van der Waals surface area contributed by atoms with Crippen LogP contribution in [0, 0.1) is 13.8 Å². The molecule has 0 unspecified atom stereocenters. The van der Waals surface area contributed by atoms with Crippen LogP contribution in [-0.4, -0.2) is 24.8 Å². The summed E-state index contributed by atoms with van der Waals surface area (Å²) in [6, 6.07) is 3.93. The molecular formula is C11H12N6. The molecule has 0 fully saturated rings. The van der Waals surface area contributed by atoms with Crippen LogP contribution in [0.15, 0.2) is 24.7 Å². The number of H-pyrrole nitrogens is 1. The largest absolute Gasteiger partial charge is 0.322 e. The number of fused-ring (bicyclic) bond motifs is 1. The minimum atomic E-state index is 0.753. The molecule has 0 atom stereocenters. The van der Waals surface area contributed by atoms with E-state index < -0.39 is 0 Å². The fourth-order valence-electron chi connectivity index (χ4n) is 1.80. The number of hydrogen-bond donors (Lipinski definition) is 2. The predicted octanol–water partition coefficient (Wildman–Crippen LogP) is 1.81. The third-order valence-electron chi connectivity index (χ3n) is 2.61. The van der Waals surface area contributed by atoms with Crippen LogP contribution in [0.2, 0.25) is 0 Å². The van der Waals surface area contributed by atoms with E-state index in [0.29, 0.717) is 0 Å². The van der Waals surface area contributed by atoms with Crippen molar-refractivity contribution in [3.05, 3.63) is 35.9 Å². The van der Waals surface area contributed by atoms with Gasteiger partial charge in [0.05, 0.1) is 0 Å². The maximum atomic E-state index is 4.25. The highest BCUT2D eigenvalue weighted by Crippen LogP contribution is 2.21. The molecule has 0 aliphatic carbocycles. The fourth-order valence-corrected chi connectivity index (χ4v) is 1.80. The first-order chi connectivity index (χ1) is 8.24. The Bertz CT molecular complexity index is 665. The molecule has 0 saturated heterocycles. The summed E-state index contributed by atoms with van der Waals surface area (Å²) in [5.41, 5.74) is 3.10. The minimum Gasteiger partial charge on any atom is -0.322 e. The number of aromatic nitrogens is 5. The molecule has 3 heterocycles. The van der Waals surface area contributed by atoms with Gasteiger partial charge in [-0.25, -0.2) is 9.50 Å². The van der Waals surface area contributed by atoms with Crippen LogP contribution in [0.1, 0.15) is 11.3 Å². The van der Waals surface area contributed by atoms with Crippen LogP contribution in [0.4, 0.5) is 11.6 Å². The van der Waals surface area contributed by atoms with E-state index in [2.05, 4.69) is 25.6 Å². The van der Waals surface area contributed by atoms with Crippen LogP contribution in [0.5, 0.6) is 0 Å². The molecule has 3 aromatic rings. The van der Waals surface area contributed by atoms with Crippen LogP contribution in [0.25, 0.3) is 5.52 Å². The van der Waals surface area contributed by atoms with Crippen molar-refractivity contribution >= 4 is 17.2 Å². The maximum Gasteiger partial charge on any atom is 0.159 e. The van der Waals surface area contributed by atoms with E-state index in [9.17, 15) is 0 Å². The van der Waals surface area contributed by atoms with Gasteiger partial charge in [-0.05, 0) is 25.5 Å². The molecule has 3 aromatic heterocycles. The Balaban J connectivity index is 2.08. The van der Waals surface area contributed by atoms with Gasteiger partial charge in [0.15, 0.2) is 11.6 Å². The van der Waals surface area contributed by atoms with Gasteiger partial charge in [0.25, 0.3) is 0 Å². The van der Waals surface area contributed by atoms with Gasteiger partial charge in [-0.1, -0.05) is 0 Å². The summed E-state index contributed by atoms with van der Waals surface area (Å²) < 4.78 is 1.80. The first kappa shape index (κ1) is 9.83. The average Bonchev–Trinajstić information content (AvgIpc) is 2.87. The second kappa shape index (κ2) is 3.58. The summed E-state index contributed by atoms with van der Waals surface area (Å²) in [7, 11) is 0. The molecule has 6 heteroatoms. The number of aryl methyl sites for hydroxylation is 2. The molecular weight excluding hydrogens is 216 g/mol. The van der Waals surface area contributed by atoms with Crippen molar-refractivity contribution in [2.24, 2.45) is 0 Å². The molecule has 6 nitrogen and oxygen atoms in total. The fraction of sp³-hybridized carbons (Fsp3) is 0.182. The monoisotopic (exact) mass is 228 g/mol. The zero-order valence-corrected chi connectivity index (χ0v) is 9.60. The molecule has 0 aromatic carbocycles. The van der Waals surface area contributed by atoms with E-state index >= 15 is 0 Å². The Morgan fingerprint density at radius 2 is 2.24 bits per heavy atom. The van der Waals surface area contributed by atoms with Crippen molar-refractivity contribution in [1.29, 1.82) is 0 Å². The molecule has 17 heavy (non-hydrogen) atoms. The van der Waals surface area contributed by atoms with Crippen LogP contribution >= 0.6 is 0 Å². The Hall–Kier alpha value is -2.37. The lowest BCUT2D eigenvalue weighted by Gasteiger charge is -2.04. The molecule has 0 amide bonds. The Kier molecular flexibility index (Phi) is 2.07. The van der Waals surface area contributed by atoms with Gasteiger partial charge in [0.2, 0.25) is 0 Å². The molecule has 86 valence electrons. The highest BCUT2D eigenvalue weighted by atomic mass is 15.3. The summed E-state index contributed by atoms with van der Waals surface area (Å²) in [6.45, 7) is 3.98. The van der Waals surface area contributed by atoms with Crippen molar-refractivity contribution in [2.45, 2.75) is 13.8 Å².